The van der Waals surface area contributed by atoms with Crippen LogP contribution in [0.25, 0.3) is 0 Å². The molecule has 0 aliphatic carbocycles. The van der Waals surface area contributed by atoms with Gasteiger partial charge in [0.25, 0.3) is 11.8 Å². The number of halogens is 4. The third kappa shape index (κ3) is 3.21. The zero-order valence-corrected chi connectivity index (χ0v) is 18.0. The summed E-state index contributed by atoms with van der Waals surface area (Å²) in [5, 5.41) is 11.1. The second kappa shape index (κ2) is 7.90. The molecule has 30 heavy (non-hydrogen) atoms. The molecule has 2 aromatic rings. The first-order valence-electron chi connectivity index (χ1n) is 8.66. The molecule has 0 aromatic heterocycles. The zero-order chi connectivity index (χ0) is 21.7. The van der Waals surface area contributed by atoms with E-state index in [1.807, 2.05) is 4.90 Å². The molecule has 0 spiro atoms. The summed E-state index contributed by atoms with van der Waals surface area (Å²) in [5.41, 5.74) is -0.113. The van der Waals surface area contributed by atoms with E-state index in [1.54, 1.807) is 0 Å². The van der Waals surface area contributed by atoms with Crippen LogP contribution in [0.2, 0.25) is 20.1 Å². The Bertz CT molecular complexity index is 1070. The molecule has 2 aliphatic heterocycles. The van der Waals surface area contributed by atoms with Gasteiger partial charge in [0, 0.05) is 24.3 Å². The van der Waals surface area contributed by atoms with Crippen molar-refractivity contribution in [3.05, 3.63) is 55.0 Å². The van der Waals surface area contributed by atoms with Gasteiger partial charge in [0.2, 0.25) is 0 Å². The number of benzene rings is 2. The van der Waals surface area contributed by atoms with Crippen LogP contribution in [0.15, 0.2) is 18.2 Å². The first kappa shape index (κ1) is 21.2. The molecular weight excluding hydrogens is 478 g/mol. The highest BCUT2D eigenvalue weighted by molar-refractivity contribution is 6.56. The highest BCUT2D eigenvalue weighted by Gasteiger charge is 2.42. The summed E-state index contributed by atoms with van der Waals surface area (Å²) in [6.07, 6.45) is 0. The molecule has 1 saturated heterocycles. The van der Waals surface area contributed by atoms with Crippen LogP contribution in [-0.4, -0.2) is 44.1 Å². The van der Waals surface area contributed by atoms with Crippen molar-refractivity contribution >= 4 is 75.6 Å². The van der Waals surface area contributed by atoms with E-state index in [9.17, 15) is 19.5 Å². The van der Waals surface area contributed by atoms with Crippen LogP contribution < -0.4 is 14.9 Å². The lowest BCUT2D eigenvalue weighted by Crippen LogP contribution is -2.38. The maximum atomic E-state index is 13.0. The Kier molecular flexibility index (Phi) is 5.59. The second-order valence-electron chi connectivity index (χ2n) is 6.54. The number of carboxylic acids is 1. The van der Waals surface area contributed by atoms with Crippen molar-refractivity contribution in [1.82, 2.24) is 0 Å². The van der Waals surface area contributed by atoms with E-state index in [2.05, 4.69) is 0 Å². The largest absolute Gasteiger partial charge is 0.545 e. The fraction of sp³-hybridized carbons (Fsp3) is 0.211. The maximum absolute atomic E-state index is 13.0. The fourth-order valence-corrected chi connectivity index (χ4v) is 4.50. The van der Waals surface area contributed by atoms with E-state index in [-0.39, 0.29) is 42.5 Å². The third-order valence-corrected chi connectivity index (χ3v) is 6.71. The van der Waals surface area contributed by atoms with Crippen molar-refractivity contribution in [3.63, 3.8) is 0 Å². The van der Waals surface area contributed by atoms with Crippen LogP contribution in [-0.2, 0) is 4.74 Å². The molecule has 0 saturated carbocycles. The molecule has 0 bridgehead atoms. The van der Waals surface area contributed by atoms with Gasteiger partial charge in [0.1, 0.15) is 0 Å². The highest BCUT2D eigenvalue weighted by atomic mass is 35.5. The number of carbonyl (C=O) groups is 3. The molecule has 2 aliphatic rings. The van der Waals surface area contributed by atoms with Crippen molar-refractivity contribution < 1.29 is 24.2 Å². The molecule has 1 fully saturated rings. The van der Waals surface area contributed by atoms with Crippen LogP contribution in [0.4, 0.5) is 11.4 Å². The Labute approximate surface area is 190 Å². The Morgan fingerprint density at radius 2 is 1.43 bits per heavy atom. The molecule has 7 nitrogen and oxygen atoms in total. The van der Waals surface area contributed by atoms with Gasteiger partial charge in [-0.25, -0.2) is 4.90 Å². The van der Waals surface area contributed by atoms with Gasteiger partial charge in [0.15, 0.2) is 0 Å². The van der Waals surface area contributed by atoms with Gasteiger partial charge in [-0.2, -0.15) is 0 Å². The molecule has 11 heteroatoms. The molecule has 156 valence electrons. The van der Waals surface area contributed by atoms with Gasteiger partial charge in [-0.3, -0.25) is 9.59 Å². The number of rotatable bonds is 3. The minimum absolute atomic E-state index is 0.0248. The molecule has 4 rings (SSSR count). The predicted molar refractivity (Wildman–Crippen MR) is 111 cm³/mol. The first-order valence-corrected chi connectivity index (χ1v) is 10.2. The van der Waals surface area contributed by atoms with E-state index in [4.69, 9.17) is 51.1 Å². The Hall–Kier alpha value is -2.03. The average Bonchev–Trinajstić information content (AvgIpc) is 3.01. The van der Waals surface area contributed by atoms with Gasteiger partial charge in [-0.05, 0) is 18.2 Å². The number of hydrogen-bond donors (Lipinski definition) is 0. The van der Waals surface area contributed by atoms with Gasteiger partial charge in [0.05, 0.1) is 56.1 Å². The quantitative estimate of drug-likeness (QED) is 0.374. The van der Waals surface area contributed by atoms with Gasteiger partial charge >= 0.3 is 0 Å². The molecule has 2 aromatic carbocycles. The molecule has 0 unspecified atom stereocenters. The summed E-state index contributed by atoms with van der Waals surface area (Å²) in [5.74, 6) is -3.02. The number of imide groups is 1. The molecule has 2 amide bonds. The van der Waals surface area contributed by atoms with Crippen molar-refractivity contribution in [2.45, 2.75) is 0 Å². The minimum Gasteiger partial charge on any atom is -0.545 e. The summed E-state index contributed by atoms with van der Waals surface area (Å²) in [6.45, 7) is 1.89. The summed E-state index contributed by atoms with van der Waals surface area (Å²) < 4.78 is 5.28. The molecular formula is C19H11Cl4N2O5-. The maximum Gasteiger partial charge on any atom is 0.267 e. The van der Waals surface area contributed by atoms with Gasteiger partial charge < -0.3 is 19.5 Å². The average molecular weight is 489 g/mol. The number of nitrogens with zero attached hydrogens (tertiary/aromatic N) is 2. The van der Waals surface area contributed by atoms with E-state index in [0.717, 1.165) is 4.90 Å². The zero-order valence-electron chi connectivity index (χ0n) is 15.0. The lowest BCUT2D eigenvalue weighted by Gasteiger charge is -2.31. The molecule has 2 heterocycles. The van der Waals surface area contributed by atoms with Crippen molar-refractivity contribution in [2.75, 3.05) is 36.1 Å². The van der Waals surface area contributed by atoms with E-state index in [1.165, 1.54) is 18.2 Å². The van der Waals surface area contributed by atoms with E-state index >= 15 is 0 Å². The fourth-order valence-electron chi connectivity index (χ4n) is 3.49. The monoisotopic (exact) mass is 487 g/mol. The van der Waals surface area contributed by atoms with Crippen molar-refractivity contribution in [1.29, 1.82) is 0 Å². The Morgan fingerprint density at radius 3 is 1.93 bits per heavy atom. The molecule has 0 radical (unpaired) electrons. The van der Waals surface area contributed by atoms with Crippen LogP contribution in [0, 0.1) is 0 Å². The predicted octanol–water partition coefficient (Wildman–Crippen LogP) is 3.30. The van der Waals surface area contributed by atoms with Gasteiger partial charge in [-0.15, -0.1) is 0 Å². The number of morpholine rings is 1. The molecule has 0 atom stereocenters. The number of anilines is 2. The van der Waals surface area contributed by atoms with Crippen molar-refractivity contribution in [3.8, 4) is 0 Å². The van der Waals surface area contributed by atoms with Gasteiger partial charge in [-0.1, -0.05) is 46.4 Å². The third-order valence-electron chi connectivity index (χ3n) is 4.91. The SMILES string of the molecule is O=C([O-])c1cc(N2C(=O)c3c(Cl)c(Cl)c(Cl)c(Cl)c3C2=O)ccc1N1CCOCC1. The highest BCUT2D eigenvalue weighted by Crippen LogP contribution is 2.46. The standard InChI is InChI=1S/C19H12Cl4N2O5/c20-13-11-12(14(21)16(23)15(13)22)18(27)25(17(11)26)8-1-2-10(9(7-8)19(28)29)24-3-5-30-6-4-24/h1-2,7H,3-6H2,(H,28,29)/p-1. The summed E-state index contributed by atoms with van der Waals surface area (Å²) in [4.78, 5) is 40.4. The molecule has 0 N–H and O–H groups in total. The summed E-state index contributed by atoms with van der Waals surface area (Å²) in [6, 6.07) is 4.18. The van der Waals surface area contributed by atoms with E-state index in [0.29, 0.717) is 32.0 Å². The summed E-state index contributed by atoms with van der Waals surface area (Å²) >= 11 is 24.3. The number of carboxylic acid groups (broad SMARTS) is 1. The van der Waals surface area contributed by atoms with Crippen molar-refractivity contribution in [2.24, 2.45) is 0 Å². The topological polar surface area (TPSA) is 90.0 Å². The van der Waals surface area contributed by atoms with Crippen LogP contribution in [0.5, 0.6) is 0 Å². The number of aromatic carboxylic acids is 1. The lowest BCUT2D eigenvalue weighted by molar-refractivity contribution is -0.254. The summed E-state index contributed by atoms with van der Waals surface area (Å²) in [7, 11) is 0. The number of amides is 2. The van der Waals surface area contributed by atoms with Crippen LogP contribution >= 0.6 is 46.4 Å². The van der Waals surface area contributed by atoms with Crippen LogP contribution in [0.1, 0.15) is 31.1 Å². The number of hydrogen-bond acceptors (Lipinski definition) is 6. The lowest BCUT2D eigenvalue weighted by atomic mass is 10.1. The van der Waals surface area contributed by atoms with Crippen LogP contribution in [0.3, 0.4) is 0 Å². The second-order valence-corrected chi connectivity index (χ2v) is 8.05. The minimum atomic E-state index is -1.45. The Morgan fingerprint density at radius 1 is 0.900 bits per heavy atom. The Balaban J connectivity index is 1.81. The normalized spacial score (nSPS) is 16.3. The van der Waals surface area contributed by atoms with E-state index < -0.39 is 17.8 Å². The number of fused-ring (bicyclic) bond motifs is 1. The smallest absolute Gasteiger partial charge is 0.267 e. The first-order chi connectivity index (χ1) is 14.2. The number of ether oxygens (including phenoxy) is 1. The number of carbonyl (C=O) groups excluding carboxylic acids is 3.